The summed E-state index contributed by atoms with van der Waals surface area (Å²) in [4.78, 5) is 45.6. The van der Waals surface area contributed by atoms with Crippen molar-refractivity contribution < 1.29 is 35.8 Å². The number of hydrogen-bond donors (Lipinski definition) is 1. The number of carbonyl (C=O) groups excluding carboxylic acids is 2. The molecule has 2 amide bonds. The van der Waals surface area contributed by atoms with Crippen LogP contribution in [0.5, 0.6) is 6.01 Å². The molecule has 3 saturated heterocycles. The summed E-state index contributed by atoms with van der Waals surface area (Å²) in [5.41, 5.74) is -0.0448. The van der Waals surface area contributed by atoms with E-state index in [1.807, 2.05) is 66.8 Å². The Morgan fingerprint density at radius 2 is 1.71 bits per heavy atom. The molecule has 58 heavy (non-hydrogen) atoms. The zero-order chi connectivity index (χ0) is 41.1. The van der Waals surface area contributed by atoms with Gasteiger partial charge in [0.1, 0.15) is 29.2 Å². The second kappa shape index (κ2) is 15.2. The van der Waals surface area contributed by atoms with Gasteiger partial charge in [0.15, 0.2) is 5.82 Å². The largest absolute Gasteiger partial charge is 0.462 e. The number of anilines is 1. The number of rotatable bonds is 8. The van der Waals surface area contributed by atoms with Crippen molar-refractivity contribution in [3.63, 3.8) is 0 Å². The van der Waals surface area contributed by atoms with Crippen LogP contribution in [0.1, 0.15) is 50.4 Å². The number of benzene rings is 3. The van der Waals surface area contributed by atoms with Gasteiger partial charge in [-0.15, -0.1) is 3.89 Å². The van der Waals surface area contributed by atoms with Crippen LogP contribution in [-0.2, 0) is 15.0 Å². The number of likely N-dealkylation sites (tertiary alicyclic amines) is 1. The minimum absolute atomic E-state index is 0.0124. The van der Waals surface area contributed by atoms with Crippen LogP contribution in [0.3, 0.4) is 0 Å². The van der Waals surface area contributed by atoms with Crippen molar-refractivity contribution in [2.24, 2.45) is 0 Å². The first-order valence-corrected chi connectivity index (χ1v) is 20.8. The Balaban J connectivity index is 1.09. The predicted molar refractivity (Wildman–Crippen MR) is 215 cm³/mol. The molecule has 8 rings (SSSR count). The first-order valence-electron chi connectivity index (χ1n) is 19.0. The molecule has 3 aromatic carbocycles. The van der Waals surface area contributed by atoms with Crippen molar-refractivity contribution >= 4 is 61.3 Å². The highest BCUT2D eigenvalue weighted by molar-refractivity contribution is 7.86. The van der Waals surface area contributed by atoms with Gasteiger partial charge in [-0.1, -0.05) is 48.0 Å². The number of carbonyl (C=O) groups is 2. The molecule has 0 unspecified atom stereocenters. The van der Waals surface area contributed by atoms with Gasteiger partial charge in [0.25, 0.3) is 5.91 Å². The van der Waals surface area contributed by atoms with Gasteiger partial charge in [0.2, 0.25) is 0 Å². The van der Waals surface area contributed by atoms with E-state index in [0.29, 0.717) is 53.2 Å². The van der Waals surface area contributed by atoms with Crippen molar-refractivity contribution in [1.29, 1.82) is 0 Å². The number of nitrogens with one attached hydrogen (secondary N) is 1. The molecule has 17 heteroatoms. The lowest BCUT2D eigenvalue weighted by atomic mass is 10.0. The molecule has 0 saturated carbocycles. The molecule has 0 spiro atoms. The van der Waals surface area contributed by atoms with Gasteiger partial charge in [-0.25, -0.2) is 9.18 Å². The first kappa shape index (κ1) is 39.6. The van der Waals surface area contributed by atoms with Crippen molar-refractivity contribution in [2.75, 3.05) is 38.2 Å². The maximum Gasteiger partial charge on any atom is 0.410 e. The summed E-state index contributed by atoms with van der Waals surface area (Å²) in [6, 6.07) is 14.8. The maximum absolute atomic E-state index is 17.0. The van der Waals surface area contributed by atoms with E-state index < -0.39 is 32.4 Å². The molecule has 5 aromatic rings. The summed E-state index contributed by atoms with van der Waals surface area (Å²) in [5, 5.41) is 5.22. The SMILES string of the molecule is CN1C[C@H](NC(=O)c2cccc(S(=O)(=O)F)c2)C[C@H]1COc1nc(N2C[C@H]3CC[C@@H](C2)N3C(=O)OC(C)(C)C)c2cnc(-c3cccc4cccc(Cl)c34)c(F)c2n1. The van der Waals surface area contributed by atoms with Gasteiger partial charge >= 0.3 is 22.3 Å². The molecule has 0 radical (unpaired) electrons. The lowest BCUT2D eigenvalue weighted by molar-refractivity contribution is 0.0122. The Bertz CT molecular complexity index is 2540. The van der Waals surface area contributed by atoms with Crippen LogP contribution in [0.4, 0.5) is 18.9 Å². The van der Waals surface area contributed by atoms with E-state index in [1.165, 1.54) is 12.1 Å². The van der Waals surface area contributed by atoms with Crippen LogP contribution in [0.2, 0.25) is 5.02 Å². The molecule has 3 fully saturated rings. The fraction of sp³-hybridized carbons (Fsp3) is 0.390. The van der Waals surface area contributed by atoms with Crippen molar-refractivity contribution in [1.82, 2.24) is 30.1 Å². The van der Waals surface area contributed by atoms with E-state index in [1.54, 1.807) is 18.3 Å². The lowest BCUT2D eigenvalue weighted by Crippen LogP contribution is -2.57. The quantitative estimate of drug-likeness (QED) is 0.165. The van der Waals surface area contributed by atoms with Crippen molar-refractivity contribution in [3.05, 3.63) is 83.3 Å². The molecule has 13 nitrogen and oxygen atoms in total. The smallest absolute Gasteiger partial charge is 0.410 e. The molecule has 3 aliphatic heterocycles. The average molecular weight is 834 g/mol. The van der Waals surface area contributed by atoms with E-state index in [9.17, 15) is 21.9 Å². The van der Waals surface area contributed by atoms with Crippen molar-refractivity contribution in [2.45, 2.75) is 74.7 Å². The zero-order valence-electron chi connectivity index (χ0n) is 32.3. The molecule has 5 heterocycles. The van der Waals surface area contributed by atoms with Crippen LogP contribution in [0.25, 0.3) is 32.9 Å². The maximum atomic E-state index is 17.0. The third-order valence-electron chi connectivity index (χ3n) is 10.9. The Morgan fingerprint density at radius 3 is 2.41 bits per heavy atom. The molecule has 1 N–H and O–H groups in total. The molecule has 4 atom stereocenters. The van der Waals surface area contributed by atoms with Gasteiger partial charge in [0.05, 0.1) is 22.4 Å². The summed E-state index contributed by atoms with van der Waals surface area (Å²) in [6.07, 6.45) is 3.22. The van der Waals surface area contributed by atoms with Crippen LogP contribution in [0.15, 0.2) is 71.8 Å². The number of piperazine rings is 1. The molecule has 0 aliphatic carbocycles. The number of ether oxygens (including phenoxy) is 2. The Kier molecular flexibility index (Phi) is 10.4. The normalized spacial score (nSPS) is 21.2. The number of nitrogens with zero attached hydrogens (tertiary/aromatic N) is 6. The number of hydrogen-bond acceptors (Lipinski definition) is 11. The number of halogens is 3. The number of amides is 2. The monoisotopic (exact) mass is 833 g/mol. The summed E-state index contributed by atoms with van der Waals surface area (Å²) < 4.78 is 65.4. The highest BCUT2D eigenvalue weighted by Crippen LogP contribution is 2.40. The Morgan fingerprint density at radius 1 is 1.00 bits per heavy atom. The van der Waals surface area contributed by atoms with Gasteiger partial charge < -0.3 is 19.7 Å². The van der Waals surface area contributed by atoms with Gasteiger partial charge in [0, 0.05) is 59.5 Å². The average Bonchev–Trinajstić information content (AvgIpc) is 3.66. The number of likely N-dealkylation sites (N-methyl/N-ethyl adjacent to an activating group) is 1. The van der Waals surface area contributed by atoms with Crippen LogP contribution in [-0.4, -0.2) is 108 Å². The number of fused-ring (bicyclic) bond motifs is 4. The first-order chi connectivity index (χ1) is 27.5. The second-order valence-corrected chi connectivity index (χ2v) is 17.9. The van der Waals surface area contributed by atoms with E-state index in [2.05, 4.69) is 15.3 Å². The second-order valence-electron chi connectivity index (χ2n) is 16.1. The molecule has 304 valence electrons. The minimum atomic E-state index is -4.98. The summed E-state index contributed by atoms with van der Waals surface area (Å²) in [5.74, 6) is -0.780. The highest BCUT2D eigenvalue weighted by atomic mass is 35.5. The van der Waals surface area contributed by atoms with Crippen LogP contribution in [0, 0.1) is 5.82 Å². The van der Waals surface area contributed by atoms with E-state index in [-0.39, 0.29) is 59.7 Å². The summed E-state index contributed by atoms with van der Waals surface area (Å²) >= 11 is 6.64. The third kappa shape index (κ3) is 7.84. The standard InChI is InChI=1S/C41H42ClF2N7O6S/c1-41(2,3)57-40(53)51-26-14-15-27(51)21-50(20-26)37-31-18-45-35(30-12-6-8-23-9-7-13-32(42)33(23)30)34(43)36(31)47-39(48-37)56-22-28-17-25(19-49(28)4)46-38(52)24-10-5-11-29(16-24)58(44,54)55/h5-13,16,18,25-28H,14-15,17,19-22H2,1-4H3,(H,46,52)/t25-,26-,27+,28+/m1/s1. The number of pyridine rings is 1. The van der Waals surface area contributed by atoms with Gasteiger partial charge in [-0.2, -0.15) is 18.4 Å². The zero-order valence-corrected chi connectivity index (χ0v) is 33.9. The van der Waals surface area contributed by atoms with Crippen LogP contribution >= 0.6 is 11.6 Å². The Labute approximate surface area is 339 Å². The van der Waals surface area contributed by atoms with Crippen molar-refractivity contribution in [3.8, 4) is 17.3 Å². The molecular weight excluding hydrogens is 792 g/mol. The molecule has 2 bridgehead atoms. The minimum Gasteiger partial charge on any atom is -0.462 e. The van der Waals surface area contributed by atoms with Gasteiger partial charge in [-0.05, 0) is 76.7 Å². The van der Waals surface area contributed by atoms with E-state index in [4.69, 9.17) is 26.1 Å². The topological polar surface area (TPSA) is 147 Å². The van der Waals surface area contributed by atoms with Gasteiger partial charge in [-0.3, -0.25) is 19.6 Å². The summed E-state index contributed by atoms with van der Waals surface area (Å²) in [6.45, 7) is 6.92. The van der Waals surface area contributed by atoms with Crippen LogP contribution < -0.4 is 15.0 Å². The molecular formula is C41H42ClF2N7O6S. The molecule has 2 aromatic heterocycles. The lowest BCUT2D eigenvalue weighted by Gasteiger charge is -2.42. The predicted octanol–water partition coefficient (Wildman–Crippen LogP) is 6.77. The third-order valence-corrected chi connectivity index (χ3v) is 12.1. The summed E-state index contributed by atoms with van der Waals surface area (Å²) in [7, 11) is -3.11. The fourth-order valence-electron chi connectivity index (χ4n) is 8.30. The Hall–Kier alpha value is -5.19. The van der Waals surface area contributed by atoms with E-state index >= 15 is 4.39 Å². The van der Waals surface area contributed by atoms with E-state index in [0.717, 1.165) is 30.4 Å². The molecule has 3 aliphatic rings. The fourth-order valence-corrected chi connectivity index (χ4v) is 9.10. The number of aromatic nitrogens is 3. The highest BCUT2D eigenvalue weighted by Gasteiger charge is 2.45.